The van der Waals surface area contributed by atoms with Gasteiger partial charge in [-0.1, -0.05) is 12.1 Å². The minimum Gasteiger partial charge on any atom is -0.384 e. The second kappa shape index (κ2) is 5.88. The molecule has 2 N–H and O–H groups in total. The van der Waals surface area contributed by atoms with E-state index in [0.29, 0.717) is 31.2 Å². The zero-order chi connectivity index (χ0) is 14.7. The lowest BCUT2D eigenvalue weighted by Crippen LogP contribution is -2.42. The summed E-state index contributed by atoms with van der Waals surface area (Å²) in [5.41, 5.74) is 6.88. The van der Waals surface area contributed by atoms with Crippen LogP contribution in [-0.2, 0) is 4.74 Å². The number of nitrogen functional groups attached to an aromatic ring is 1. The number of pyridine rings is 2. The van der Waals surface area contributed by atoms with Crippen molar-refractivity contribution in [3.8, 4) is 0 Å². The number of hydrogen-bond acceptors (Lipinski definition) is 5. The highest BCUT2D eigenvalue weighted by Crippen LogP contribution is 2.22. The second-order valence-corrected chi connectivity index (χ2v) is 4.81. The van der Waals surface area contributed by atoms with E-state index in [1.165, 1.54) is 0 Å². The Hall–Kier alpha value is -2.47. The van der Waals surface area contributed by atoms with Gasteiger partial charge < -0.3 is 15.4 Å². The molecule has 0 aromatic carbocycles. The molecule has 6 heteroatoms. The minimum atomic E-state index is -0.255. The zero-order valence-electron chi connectivity index (χ0n) is 11.5. The van der Waals surface area contributed by atoms with E-state index in [-0.39, 0.29) is 12.0 Å². The van der Waals surface area contributed by atoms with E-state index in [1.54, 1.807) is 35.4 Å². The largest absolute Gasteiger partial charge is 0.384 e. The Morgan fingerprint density at radius 2 is 2.19 bits per heavy atom. The number of nitrogens with zero attached hydrogens (tertiary/aromatic N) is 3. The van der Waals surface area contributed by atoms with Crippen LogP contribution in [0.15, 0.2) is 42.6 Å². The summed E-state index contributed by atoms with van der Waals surface area (Å²) in [5.74, 6) is 0.358. The first-order chi connectivity index (χ1) is 10.2. The predicted molar refractivity (Wildman–Crippen MR) is 77.5 cm³/mol. The third kappa shape index (κ3) is 3.00. The molecular weight excluding hydrogens is 268 g/mol. The normalized spacial score (nSPS) is 18.5. The van der Waals surface area contributed by atoms with Crippen LogP contribution in [0.1, 0.15) is 22.3 Å². The first-order valence-corrected chi connectivity index (χ1v) is 6.78. The fourth-order valence-corrected chi connectivity index (χ4v) is 2.31. The van der Waals surface area contributed by atoms with E-state index in [4.69, 9.17) is 10.5 Å². The summed E-state index contributed by atoms with van der Waals surface area (Å²) >= 11 is 0. The lowest BCUT2D eigenvalue weighted by atomic mass is 10.1. The standard InChI is InChI=1S/C15H16N4O2/c16-14-6-3-5-11(18-14)13-10-19(8-9-21-13)15(20)12-4-1-2-7-17-12/h1-7,13H,8-10H2,(H2,16,18). The molecule has 0 saturated carbocycles. The number of carbonyl (C=O) groups excluding carboxylic acids is 1. The van der Waals surface area contributed by atoms with Gasteiger partial charge in [-0.05, 0) is 24.3 Å². The highest BCUT2D eigenvalue weighted by atomic mass is 16.5. The first-order valence-electron chi connectivity index (χ1n) is 6.78. The van der Waals surface area contributed by atoms with E-state index in [1.807, 2.05) is 12.1 Å². The van der Waals surface area contributed by atoms with Gasteiger partial charge in [0.1, 0.15) is 17.6 Å². The van der Waals surface area contributed by atoms with Crippen LogP contribution in [0, 0.1) is 0 Å². The number of anilines is 1. The number of carbonyl (C=O) groups is 1. The molecule has 3 rings (SSSR count). The maximum Gasteiger partial charge on any atom is 0.272 e. The number of aromatic nitrogens is 2. The van der Waals surface area contributed by atoms with Gasteiger partial charge in [-0.3, -0.25) is 9.78 Å². The first kappa shape index (κ1) is 13.5. The molecule has 1 amide bonds. The maximum absolute atomic E-state index is 12.4. The van der Waals surface area contributed by atoms with E-state index < -0.39 is 0 Å². The molecule has 21 heavy (non-hydrogen) atoms. The molecular formula is C15H16N4O2. The maximum atomic E-state index is 12.4. The number of rotatable bonds is 2. The minimum absolute atomic E-state index is 0.0900. The molecule has 2 aromatic rings. The highest BCUT2D eigenvalue weighted by molar-refractivity contribution is 5.92. The summed E-state index contributed by atoms with van der Waals surface area (Å²) in [4.78, 5) is 22.5. The quantitative estimate of drug-likeness (QED) is 0.898. The van der Waals surface area contributed by atoms with Gasteiger partial charge in [-0.15, -0.1) is 0 Å². The summed E-state index contributed by atoms with van der Waals surface area (Å²) in [6.07, 6.45) is 1.36. The Balaban J connectivity index is 1.75. The average Bonchev–Trinajstić information content (AvgIpc) is 2.55. The number of hydrogen-bond donors (Lipinski definition) is 1. The van der Waals surface area contributed by atoms with Crippen LogP contribution in [0.4, 0.5) is 5.82 Å². The number of amides is 1. The molecule has 2 aromatic heterocycles. The van der Waals surface area contributed by atoms with Crippen molar-refractivity contribution in [1.82, 2.24) is 14.9 Å². The molecule has 1 aliphatic heterocycles. The highest BCUT2D eigenvalue weighted by Gasteiger charge is 2.27. The Labute approximate surface area is 122 Å². The van der Waals surface area contributed by atoms with Crippen LogP contribution >= 0.6 is 0 Å². The monoisotopic (exact) mass is 284 g/mol. The lowest BCUT2D eigenvalue weighted by Gasteiger charge is -2.32. The smallest absolute Gasteiger partial charge is 0.272 e. The van der Waals surface area contributed by atoms with E-state index in [0.717, 1.165) is 5.69 Å². The Kier molecular flexibility index (Phi) is 3.79. The lowest BCUT2D eigenvalue weighted by molar-refractivity contribution is -0.0248. The van der Waals surface area contributed by atoms with Gasteiger partial charge in [0.15, 0.2) is 0 Å². The van der Waals surface area contributed by atoms with Crippen molar-refractivity contribution in [3.05, 3.63) is 54.0 Å². The molecule has 1 unspecified atom stereocenters. The zero-order valence-corrected chi connectivity index (χ0v) is 11.5. The van der Waals surface area contributed by atoms with E-state index >= 15 is 0 Å². The molecule has 108 valence electrons. The summed E-state index contributed by atoms with van der Waals surface area (Å²) in [6, 6.07) is 10.7. The van der Waals surface area contributed by atoms with Crippen molar-refractivity contribution in [2.45, 2.75) is 6.10 Å². The average molecular weight is 284 g/mol. The van der Waals surface area contributed by atoms with Crippen molar-refractivity contribution >= 4 is 11.7 Å². The fourth-order valence-electron chi connectivity index (χ4n) is 2.31. The SMILES string of the molecule is Nc1cccc(C2CN(C(=O)c3ccccn3)CCO2)n1. The molecule has 3 heterocycles. The van der Waals surface area contributed by atoms with Crippen LogP contribution in [0.5, 0.6) is 0 Å². The molecule has 6 nitrogen and oxygen atoms in total. The van der Waals surface area contributed by atoms with Crippen LogP contribution in [0.2, 0.25) is 0 Å². The molecule has 1 fully saturated rings. The van der Waals surface area contributed by atoms with Crippen molar-refractivity contribution in [1.29, 1.82) is 0 Å². The molecule has 1 saturated heterocycles. The van der Waals surface area contributed by atoms with Gasteiger partial charge >= 0.3 is 0 Å². The van der Waals surface area contributed by atoms with Crippen LogP contribution in [0.25, 0.3) is 0 Å². The Bertz CT molecular complexity index is 633. The molecule has 0 radical (unpaired) electrons. The number of nitrogens with two attached hydrogens (primary N) is 1. The molecule has 0 bridgehead atoms. The predicted octanol–water partition coefficient (Wildman–Crippen LogP) is 1.27. The van der Waals surface area contributed by atoms with Gasteiger partial charge in [-0.25, -0.2) is 4.98 Å². The molecule has 1 aliphatic rings. The van der Waals surface area contributed by atoms with Crippen LogP contribution in [0.3, 0.4) is 0 Å². The summed E-state index contributed by atoms with van der Waals surface area (Å²) < 4.78 is 5.70. The van der Waals surface area contributed by atoms with Crippen molar-refractivity contribution < 1.29 is 9.53 Å². The van der Waals surface area contributed by atoms with Gasteiger partial charge in [0, 0.05) is 12.7 Å². The summed E-state index contributed by atoms with van der Waals surface area (Å²) in [6.45, 7) is 1.47. The third-order valence-corrected chi connectivity index (χ3v) is 3.36. The summed E-state index contributed by atoms with van der Waals surface area (Å²) in [5, 5.41) is 0. The second-order valence-electron chi connectivity index (χ2n) is 4.81. The van der Waals surface area contributed by atoms with Crippen molar-refractivity contribution in [2.24, 2.45) is 0 Å². The van der Waals surface area contributed by atoms with Crippen molar-refractivity contribution in [2.75, 3.05) is 25.4 Å². The van der Waals surface area contributed by atoms with Crippen LogP contribution in [-0.4, -0.2) is 40.5 Å². The molecule has 1 atom stereocenters. The topological polar surface area (TPSA) is 81.3 Å². The fraction of sp³-hybridized carbons (Fsp3) is 0.267. The Morgan fingerprint density at radius 3 is 2.95 bits per heavy atom. The third-order valence-electron chi connectivity index (χ3n) is 3.36. The number of morpholine rings is 1. The Morgan fingerprint density at radius 1 is 1.29 bits per heavy atom. The van der Waals surface area contributed by atoms with Gasteiger partial charge in [0.05, 0.1) is 18.8 Å². The van der Waals surface area contributed by atoms with Crippen molar-refractivity contribution in [3.63, 3.8) is 0 Å². The van der Waals surface area contributed by atoms with Gasteiger partial charge in [-0.2, -0.15) is 0 Å². The number of ether oxygens (including phenoxy) is 1. The summed E-state index contributed by atoms with van der Waals surface area (Å²) in [7, 11) is 0. The van der Waals surface area contributed by atoms with Gasteiger partial charge in [0.2, 0.25) is 0 Å². The molecule has 0 aliphatic carbocycles. The van der Waals surface area contributed by atoms with E-state index in [2.05, 4.69) is 9.97 Å². The van der Waals surface area contributed by atoms with Crippen LogP contribution < -0.4 is 5.73 Å². The van der Waals surface area contributed by atoms with Gasteiger partial charge in [0.25, 0.3) is 5.91 Å². The van der Waals surface area contributed by atoms with E-state index in [9.17, 15) is 4.79 Å². The molecule has 0 spiro atoms.